The van der Waals surface area contributed by atoms with E-state index in [4.69, 9.17) is 10.5 Å². The molecular weight excluding hydrogens is 235 g/mol. The monoisotopic (exact) mass is 250 g/mol. The van der Waals surface area contributed by atoms with Crippen LogP contribution in [0.15, 0.2) is 24.4 Å². The number of esters is 1. The summed E-state index contributed by atoms with van der Waals surface area (Å²) in [5.74, 6) is -0.797. The molecule has 2 aromatic rings. The van der Waals surface area contributed by atoms with Gasteiger partial charge in [-0.3, -0.25) is 0 Å². The van der Waals surface area contributed by atoms with Crippen molar-refractivity contribution >= 4 is 16.9 Å². The first-order valence-corrected chi connectivity index (χ1v) is 5.71. The number of aromatic nitrogens is 1. The molecule has 0 bridgehead atoms. The zero-order chi connectivity index (χ0) is 13.3. The topological polar surface area (TPSA) is 57.2 Å². The number of ether oxygens (including phenoxy) is 1. The largest absolute Gasteiger partial charge is 0.465 e. The van der Waals surface area contributed by atoms with E-state index in [1.54, 1.807) is 30.8 Å². The molecular formula is C13H15FN2O2. The van der Waals surface area contributed by atoms with E-state index in [0.717, 1.165) is 5.39 Å². The van der Waals surface area contributed by atoms with E-state index in [1.807, 2.05) is 0 Å². The van der Waals surface area contributed by atoms with Gasteiger partial charge in [0.25, 0.3) is 0 Å². The van der Waals surface area contributed by atoms with Crippen LogP contribution in [0, 0.1) is 5.82 Å². The lowest BCUT2D eigenvalue weighted by Gasteiger charge is -2.09. The van der Waals surface area contributed by atoms with Crippen molar-refractivity contribution in [3.8, 4) is 0 Å². The molecule has 0 saturated carbocycles. The highest BCUT2D eigenvalue weighted by atomic mass is 19.1. The third-order valence-electron chi connectivity index (χ3n) is 2.86. The number of nitrogens with two attached hydrogens (primary N) is 1. The molecule has 2 rings (SSSR count). The number of aryl methyl sites for hydroxylation is 1. The summed E-state index contributed by atoms with van der Waals surface area (Å²) in [6.07, 6.45) is 1.73. The summed E-state index contributed by atoms with van der Waals surface area (Å²) < 4.78 is 19.8. The molecule has 1 atom stereocenters. The Bertz CT molecular complexity index is 592. The summed E-state index contributed by atoms with van der Waals surface area (Å²) in [7, 11) is 1.78. The maximum atomic E-state index is 13.2. The average Bonchev–Trinajstić information content (AvgIpc) is 2.66. The maximum Gasteiger partial charge on any atom is 0.327 e. The Balaban J connectivity index is 2.48. The van der Waals surface area contributed by atoms with Gasteiger partial charge >= 0.3 is 5.97 Å². The standard InChI is InChI=1S/C13H15FN2O2/c1-3-18-13(17)12(15)10-7-16(2)11-6-8(14)4-5-9(10)11/h4-7,12H,3,15H2,1-2H3. The van der Waals surface area contributed by atoms with Gasteiger partial charge in [0, 0.05) is 24.2 Å². The molecule has 0 amide bonds. The number of fused-ring (bicyclic) bond motifs is 1. The van der Waals surface area contributed by atoms with Crippen LogP contribution in [0.1, 0.15) is 18.5 Å². The Morgan fingerprint density at radius 2 is 2.28 bits per heavy atom. The number of hydrogen-bond acceptors (Lipinski definition) is 3. The minimum Gasteiger partial charge on any atom is -0.465 e. The summed E-state index contributed by atoms with van der Waals surface area (Å²) in [6.45, 7) is 2.01. The second-order valence-electron chi connectivity index (χ2n) is 4.09. The van der Waals surface area contributed by atoms with E-state index < -0.39 is 12.0 Å². The number of hydrogen-bond donors (Lipinski definition) is 1. The number of halogens is 1. The zero-order valence-electron chi connectivity index (χ0n) is 10.3. The lowest BCUT2D eigenvalue weighted by Crippen LogP contribution is -2.23. The summed E-state index contributed by atoms with van der Waals surface area (Å²) in [6, 6.07) is 3.54. The van der Waals surface area contributed by atoms with E-state index in [9.17, 15) is 9.18 Å². The highest BCUT2D eigenvalue weighted by Gasteiger charge is 2.21. The molecule has 96 valence electrons. The maximum absolute atomic E-state index is 13.2. The van der Waals surface area contributed by atoms with Crippen LogP contribution in [0.2, 0.25) is 0 Å². The Kier molecular flexibility index (Phi) is 3.34. The van der Waals surface area contributed by atoms with Crippen LogP contribution in [0.5, 0.6) is 0 Å². The van der Waals surface area contributed by atoms with Crippen LogP contribution in [0.4, 0.5) is 4.39 Å². The first-order valence-electron chi connectivity index (χ1n) is 5.71. The zero-order valence-corrected chi connectivity index (χ0v) is 10.3. The van der Waals surface area contributed by atoms with Gasteiger partial charge in [-0.05, 0) is 25.1 Å². The fourth-order valence-electron chi connectivity index (χ4n) is 2.00. The lowest BCUT2D eigenvalue weighted by molar-refractivity contribution is -0.144. The number of carbonyl (C=O) groups is 1. The SMILES string of the molecule is CCOC(=O)C(N)c1cn(C)c2cc(F)ccc12. The van der Waals surface area contributed by atoms with Crippen molar-refractivity contribution in [2.75, 3.05) is 6.61 Å². The van der Waals surface area contributed by atoms with Crippen molar-refractivity contribution in [3.63, 3.8) is 0 Å². The Morgan fingerprint density at radius 1 is 1.56 bits per heavy atom. The Morgan fingerprint density at radius 3 is 2.94 bits per heavy atom. The fraction of sp³-hybridized carbons (Fsp3) is 0.308. The van der Waals surface area contributed by atoms with Crippen molar-refractivity contribution in [1.82, 2.24) is 4.57 Å². The second kappa shape index (κ2) is 4.78. The van der Waals surface area contributed by atoms with Crippen molar-refractivity contribution in [3.05, 3.63) is 35.8 Å². The van der Waals surface area contributed by atoms with Crippen LogP contribution in [0.25, 0.3) is 10.9 Å². The van der Waals surface area contributed by atoms with E-state index in [2.05, 4.69) is 0 Å². The summed E-state index contributed by atoms with van der Waals surface area (Å²) in [4.78, 5) is 11.6. The number of nitrogens with zero attached hydrogens (tertiary/aromatic N) is 1. The van der Waals surface area contributed by atoms with Crippen LogP contribution in [-0.2, 0) is 16.6 Å². The highest BCUT2D eigenvalue weighted by Crippen LogP contribution is 2.26. The summed E-state index contributed by atoms with van der Waals surface area (Å²) >= 11 is 0. The molecule has 0 aliphatic carbocycles. The van der Waals surface area contributed by atoms with Crippen molar-refractivity contribution in [1.29, 1.82) is 0 Å². The van der Waals surface area contributed by atoms with Crippen LogP contribution < -0.4 is 5.73 Å². The van der Waals surface area contributed by atoms with Gasteiger partial charge in [-0.25, -0.2) is 9.18 Å². The van der Waals surface area contributed by atoms with Crippen LogP contribution in [-0.4, -0.2) is 17.1 Å². The van der Waals surface area contributed by atoms with Gasteiger partial charge in [0.15, 0.2) is 0 Å². The molecule has 18 heavy (non-hydrogen) atoms. The molecule has 1 unspecified atom stereocenters. The average molecular weight is 250 g/mol. The number of benzene rings is 1. The third kappa shape index (κ3) is 2.09. The molecule has 0 aliphatic rings. The van der Waals surface area contributed by atoms with E-state index in [-0.39, 0.29) is 12.4 Å². The quantitative estimate of drug-likeness (QED) is 0.846. The molecule has 4 nitrogen and oxygen atoms in total. The second-order valence-corrected chi connectivity index (χ2v) is 4.09. The lowest BCUT2D eigenvalue weighted by atomic mass is 10.1. The molecule has 1 heterocycles. The smallest absolute Gasteiger partial charge is 0.327 e. The third-order valence-corrected chi connectivity index (χ3v) is 2.86. The minimum atomic E-state index is -0.848. The molecule has 1 aromatic carbocycles. The molecule has 5 heteroatoms. The Hall–Kier alpha value is -1.88. The highest BCUT2D eigenvalue weighted by molar-refractivity contribution is 5.90. The molecule has 0 aliphatic heterocycles. The van der Waals surface area contributed by atoms with Crippen molar-refractivity contribution in [2.24, 2.45) is 12.8 Å². The number of rotatable bonds is 3. The van der Waals surface area contributed by atoms with Gasteiger partial charge in [0.05, 0.1) is 12.1 Å². The molecule has 0 fully saturated rings. The van der Waals surface area contributed by atoms with E-state index >= 15 is 0 Å². The first-order chi connectivity index (χ1) is 8.54. The van der Waals surface area contributed by atoms with Gasteiger partial charge in [-0.1, -0.05) is 0 Å². The molecule has 2 N–H and O–H groups in total. The van der Waals surface area contributed by atoms with Gasteiger partial charge in [-0.2, -0.15) is 0 Å². The van der Waals surface area contributed by atoms with Crippen LogP contribution in [0.3, 0.4) is 0 Å². The molecule has 0 saturated heterocycles. The first kappa shape index (κ1) is 12.6. The van der Waals surface area contributed by atoms with E-state index in [0.29, 0.717) is 11.1 Å². The molecule has 0 spiro atoms. The molecule has 0 radical (unpaired) electrons. The van der Waals surface area contributed by atoms with Gasteiger partial charge in [0.1, 0.15) is 11.9 Å². The van der Waals surface area contributed by atoms with Crippen molar-refractivity contribution < 1.29 is 13.9 Å². The predicted molar refractivity (Wildman–Crippen MR) is 66.4 cm³/mol. The van der Waals surface area contributed by atoms with Gasteiger partial charge in [0.2, 0.25) is 0 Å². The van der Waals surface area contributed by atoms with Crippen LogP contribution >= 0.6 is 0 Å². The minimum absolute atomic E-state index is 0.284. The Labute approximate surface area is 104 Å². The van der Waals surface area contributed by atoms with Gasteiger partial charge in [-0.15, -0.1) is 0 Å². The summed E-state index contributed by atoms with van der Waals surface area (Å²) in [5, 5.41) is 0.763. The number of carbonyl (C=O) groups excluding carboxylic acids is 1. The summed E-state index contributed by atoms with van der Waals surface area (Å²) in [5.41, 5.74) is 7.20. The molecule has 1 aromatic heterocycles. The van der Waals surface area contributed by atoms with E-state index in [1.165, 1.54) is 12.1 Å². The normalized spacial score (nSPS) is 12.7. The fourth-order valence-corrected chi connectivity index (χ4v) is 2.00. The van der Waals surface area contributed by atoms with Crippen molar-refractivity contribution in [2.45, 2.75) is 13.0 Å². The van der Waals surface area contributed by atoms with Gasteiger partial charge < -0.3 is 15.0 Å². The predicted octanol–water partition coefficient (Wildman–Crippen LogP) is 1.88.